The molecule has 2 aromatic carbocycles. The molecule has 0 aliphatic rings. The minimum absolute atomic E-state index is 0.0119. The van der Waals surface area contributed by atoms with Crippen molar-refractivity contribution in [2.75, 3.05) is 13.4 Å². The lowest BCUT2D eigenvalue weighted by Crippen LogP contribution is -2.24. The summed E-state index contributed by atoms with van der Waals surface area (Å²) >= 11 is 1.70. The maximum Gasteiger partial charge on any atom is 0.224 e. The first kappa shape index (κ1) is 15.4. The number of hydrogen-bond donors (Lipinski definition) is 1. The molecule has 21 heavy (non-hydrogen) atoms. The number of amides is 1. The number of hydrogen-bond acceptors (Lipinski definition) is 3. The quantitative estimate of drug-likeness (QED) is 0.832. The number of ether oxygens (including phenoxy) is 1. The van der Waals surface area contributed by atoms with Gasteiger partial charge in [0.25, 0.3) is 0 Å². The molecule has 0 bridgehead atoms. The second kappa shape index (κ2) is 7.74. The summed E-state index contributed by atoms with van der Waals surface area (Å²) in [7, 11) is 1.62. The van der Waals surface area contributed by atoms with Crippen LogP contribution in [0.3, 0.4) is 0 Å². The van der Waals surface area contributed by atoms with Crippen LogP contribution in [0.15, 0.2) is 53.4 Å². The third-order valence-corrected chi connectivity index (χ3v) is 3.85. The number of thioether (sulfide) groups is 1. The van der Waals surface area contributed by atoms with Crippen molar-refractivity contribution in [1.82, 2.24) is 5.32 Å². The zero-order chi connectivity index (χ0) is 15.1. The molecule has 3 nitrogen and oxygen atoms in total. The molecular formula is C17H19NO2S. The highest BCUT2D eigenvalue weighted by atomic mass is 32.2. The van der Waals surface area contributed by atoms with Crippen LogP contribution in [-0.2, 0) is 17.8 Å². The molecule has 0 atom stereocenters. The fourth-order valence-electron chi connectivity index (χ4n) is 2.01. The van der Waals surface area contributed by atoms with Gasteiger partial charge in [-0.05, 0) is 41.6 Å². The molecule has 0 fully saturated rings. The predicted octanol–water partition coefficient (Wildman–Crippen LogP) is 3.28. The van der Waals surface area contributed by atoms with Crippen LogP contribution in [0, 0.1) is 0 Å². The summed E-state index contributed by atoms with van der Waals surface area (Å²) in [4.78, 5) is 13.2. The maximum absolute atomic E-state index is 12.0. The molecule has 1 amide bonds. The predicted molar refractivity (Wildman–Crippen MR) is 86.8 cm³/mol. The third kappa shape index (κ3) is 4.83. The van der Waals surface area contributed by atoms with Gasteiger partial charge in [-0.15, -0.1) is 11.8 Å². The maximum atomic E-state index is 12.0. The fraction of sp³-hybridized carbons (Fsp3) is 0.235. The van der Waals surface area contributed by atoms with E-state index in [-0.39, 0.29) is 5.91 Å². The van der Waals surface area contributed by atoms with Crippen molar-refractivity contribution in [3.8, 4) is 5.75 Å². The van der Waals surface area contributed by atoms with Crippen LogP contribution in [0.1, 0.15) is 11.1 Å². The standard InChI is InChI=1S/C17H19NO2S/c1-20-15-7-3-5-13(9-15)11-17(19)18-12-14-6-4-8-16(10-14)21-2/h3-10H,11-12H2,1-2H3,(H,18,19). The molecule has 4 heteroatoms. The number of carbonyl (C=O) groups excluding carboxylic acids is 1. The molecule has 0 spiro atoms. The summed E-state index contributed by atoms with van der Waals surface area (Å²) in [6.45, 7) is 0.553. The van der Waals surface area contributed by atoms with Crippen LogP contribution in [0.2, 0.25) is 0 Å². The van der Waals surface area contributed by atoms with Crippen LogP contribution in [0.25, 0.3) is 0 Å². The molecule has 2 rings (SSSR count). The van der Waals surface area contributed by atoms with Crippen molar-refractivity contribution in [1.29, 1.82) is 0 Å². The van der Waals surface area contributed by atoms with E-state index in [1.165, 1.54) is 4.90 Å². The Balaban J connectivity index is 1.89. The number of carbonyl (C=O) groups is 1. The van der Waals surface area contributed by atoms with E-state index in [2.05, 4.69) is 17.4 Å². The molecule has 0 heterocycles. The molecule has 0 unspecified atom stereocenters. The van der Waals surface area contributed by atoms with Gasteiger partial charge in [-0.3, -0.25) is 4.79 Å². The summed E-state index contributed by atoms with van der Waals surface area (Å²) < 4.78 is 5.16. The molecule has 0 aromatic heterocycles. The van der Waals surface area contributed by atoms with Crippen LogP contribution < -0.4 is 10.1 Å². The average molecular weight is 301 g/mol. The third-order valence-electron chi connectivity index (χ3n) is 3.12. The van der Waals surface area contributed by atoms with Crippen LogP contribution in [0.5, 0.6) is 5.75 Å². The van der Waals surface area contributed by atoms with Gasteiger partial charge in [-0.1, -0.05) is 24.3 Å². The van der Waals surface area contributed by atoms with Crippen molar-refractivity contribution < 1.29 is 9.53 Å². The second-order valence-corrected chi connectivity index (χ2v) is 5.54. The van der Waals surface area contributed by atoms with E-state index in [9.17, 15) is 4.79 Å². The summed E-state index contributed by atoms with van der Waals surface area (Å²) in [5.74, 6) is 0.783. The van der Waals surface area contributed by atoms with Gasteiger partial charge in [0.1, 0.15) is 5.75 Å². The van der Waals surface area contributed by atoms with Gasteiger partial charge in [-0.2, -0.15) is 0 Å². The zero-order valence-electron chi connectivity index (χ0n) is 12.3. The van der Waals surface area contributed by atoms with E-state index in [4.69, 9.17) is 4.74 Å². The molecule has 1 N–H and O–H groups in total. The Morgan fingerprint density at radius 1 is 1.14 bits per heavy atom. The monoisotopic (exact) mass is 301 g/mol. The largest absolute Gasteiger partial charge is 0.497 e. The zero-order valence-corrected chi connectivity index (χ0v) is 13.1. The topological polar surface area (TPSA) is 38.3 Å². The van der Waals surface area contributed by atoms with Crippen molar-refractivity contribution in [2.45, 2.75) is 17.9 Å². The highest BCUT2D eigenvalue weighted by molar-refractivity contribution is 7.98. The van der Waals surface area contributed by atoms with Gasteiger partial charge in [-0.25, -0.2) is 0 Å². The van der Waals surface area contributed by atoms with Crippen molar-refractivity contribution in [2.24, 2.45) is 0 Å². The molecular weight excluding hydrogens is 282 g/mol. The van der Waals surface area contributed by atoms with E-state index < -0.39 is 0 Å². The lowest BCUT2D eigenvalue weighted by molar-refractivity contribution is -0.120. The van der Waals surface area contributed by atoms with Crippen molar-refractivity contribution in [3.63, 3.8) is 0 Å². The molecule has 0 aliphatic heterocycles. The van der Waals surface area contributed by atoms with Gasteiger partial charge in [0, 0.05) is 11.4 Å². The molecule has 0 radical (unpaired) electrons. The molecule has 0 aliphatic carbocycles. The van der Waals surface area contributed by atoms with Gasteiger partial charge in [0.2, 0.25) is 5.91 Å². The smallest absolute Gasteiger partial charge is 0.224 e. The van der Waals surface area contributed by atoms with Crippen LogP contribution in [0.4, 0.5) is 0 Å². The molecule has 0 saturated heterocycles. The fourth-order valence-corrected chi connectivity index (χ4v) is 2.50. The average Bonchev–Trinajstić information content (AvgIpc) is 2.53. The van der Waals surface area contributed by atoms with Gasteiger partial charge < -0.3 is 10.1 Å². The molecule has 2 aromatic rings. The lowest BCUT2D eigenvalue weighted by Gasteiger charge is -2.07. The van der Waals surface area contributed by atoms with Gasteiger partial charge in [0.05, 0.1) is 13.5 Å². The normalized spacial score (nSPS) is 10.2. The van der Waals surface area contributed by atoms with E-state index in [0.717, 1.165) is 16.9 Å². The Bertz CT molecular complexity index is 613. The summed E-state index contributed by atoms with van der Waals surface area (Å²) in [6.07, 6.45) is 2.40. The van der Waals surface area contributed by atoms with Crippen LogP contribution in [-0.4, -0.2) is 19.3 Å². The minimum Gasteiger partial charge on any atom is -0.497 e. The van der Waals surface area contributed by atoms with E-state index in [1.54, 1.807) is 18.9 Å². The Kier molecular flexibility index (Phi) is 5.69. The van der Waals surface area contributed by atoms with E-state index >= 15 is 0 Å². The van der Waals surface area contributed by atoms with Gasteiger partial charge in [0.15, 0.2) is 0 Å². The van der Waals surface area contributed by atoms with Gasteiger partial charge >= 0.3 is 0 Å². The Morgan fingerprint density at radius 2 is 1.90 bits per heavy atom. The molecule has 110 valence electrons. The lowest BCUT2D eigenvalue weighted by atomic mass is 10.1. The summed E-state index contributed by atoms with van der Waals surface area (Å²) in [5, 5.41) is 2.95. The summed E-state index contributed by atoms with van der Waals surface area (Å²) in [5.41, 5.74) is 2.06. The first-order valence-corrected chi connectivity index (χ1v) is 7.96. The highest BCUT2D eigenvalue weighted by Crippen LogP contribution is 2.16. The van der Waals surface area contributed by atoms with E-state index in [0.29, 0.717) is 13.0 Å². The Labute approximate surface area is 129 Å². The summed E-state index contributed by atoms with van der Waals surface area (Å²) in [6, 6.07) is 15.8. The first-order chi connectivity index (χ1) is 10.2. The van der Waals surface area contributed by atoms with E-state index in [1.807, 2.05) is 42.7 Å². The highest BCUT2D eigenvalue weighted by Gasteiger charge is 2.04. The number of methoxy groups -OCH3 is 1. The Hall–Kier alpha value is -1.94. The minimum atomic E-state index is 0.0119. The van der Waals surface area contributed by atoms with Crippen molar-refractivity contribution in [3.05, 3.63) is 59.7 Å². The SMILES string of the molecule is COc1cccc(CC(=O)NCc2cccc(SC)c2)c1. The second-order valence-electron chi connectivity index (χ2n) is 4.66. The number of rotatable bonds is 6. The van der Waals surface area contributed by atoms with Crippen molar-refractivity contribution >= 4 is 17.7 Å². The number of benzene rings is 2. The Morgan fingerprint density at radius 3 is 2.67 bits per heavy atom. The molecule has 0 saturated carbocycles. The first-order valence-electron chi connectivity index (χ1n) is 6.74. The number of nitrogens with one attached hydrogen (secondary N) is 1. The van der Waals surface area contributed by atoms with Crippen LogP contribution >= 0.6 is 11.8 Å².